The van der Waals surface area contributed by atoms with E-state index in [1.54, 1.807) is 9.80 Å². The van der Waals surface area contributed by atoms with E-state index in [9.17, 15) is 14.4 Å². The summed E-state index contributed by atoms with van der Waals surface area (Å²) in [6, 6.07) is 15.6. The van der Waals surface area contributed by atoms with Crippen molar-refractivity contribution in [2.24, 2.45) is 5.92 Å². The second kappa shape index (κ2) is 9.71. The summed E-state index contributed by atoms with van der Waals surface area (Å²) in [5, 5.41) is 6.00. The molecule has 0 aromatic heterocycles. The molecular weight excluding hydrogens is 428 g/mol. The minimum atomic E-state index is -0.787. The Bertz CT molecular complexity index is 1110. The Morgan fingerprint density at radius 1 is 1.09 bits per heavy atom. The SMILES string of the molecule is CCN1C(=O)N[C@H](c2ccc(C)cc2)C2=C1CN([C@@H](C(=O)NCC(C)C)c1ccccc1)C2=O. The number of rotatable bonds is 7. The summed E-state index contributed by atoms with van der Waals surface area (Å²) in [5.74, 6) is -0.167. The normalized spacial score (nSPS) is 18.8. The van der Waals surface area contributed by atoms with Gasteiger partial charge in [-0.25, -0.2) is 4.79 Å². The Labute approximate surface area is 200 Å². The first-order chi connectivity index (χ1) is 16.3. The van der Waals surface area contributed by atoms with Crippen molar-refractivity contribution in [2.75, 3.05) is 19.6 Å². The molecule has 7 heteroatoms. The van der Waals surface area contributed by atoms with Gasteiger partial charge in [0.15, 0.2) is 0 Å². The molecule has 0 radical (unpaired) electrons. The van der Waals surface area contributed by atoms with Crippen molar-refractivity contribution in [1.29, 1.82) is 0 Å². The first kappa shape index (κ1) is 23.5. The van der Waals surface area contributed by atoms with Crippen LogP contribution in [-0.2, 0) is 9.59 Å². The number of benzene rings is 2. The van der Waals surface area contributed by atoms with Gasteiger partial charge in [0.2, 0.25) is 5.91 Å². The van der Waals surface area contributed by atoms with Gasteiger partial charge in [0.05, 0.1) is 23.9 Å². The Hall–Kier alpha value is -3.61. The van der Waals surface area contributed by atoms with E-state index in [0.29, 0.717) is 24.4 Å². The van der Waals surface area contributed by atoms with Crippen LogP contribution in [0, 0.1) is 12.8 Å². The van der Waals surface area contributed by atoms with Crippen LogP contribution in [0.1, 0.15) is 49.5 Å². The van der Waals surface area contributed by atoms with Crippen LogP contribution in [0.2, 0.25) is 0 Å². The monoisotopic (exact) mass is 460 g/mol. The highest BCUT2D eigenvalue weighted by Gasteiger charge is 2.47. The lowest BCUT2D eigenvalue weighted by Crippen LogP contribution is -2.47. The summed E-state index contributed by atoms with van der Waals surface area (Å²) in [6.45, 7) is 9.09. The molecular formula is C27H32N4O3. The molecule has 2 atom stereocenters. The Morgan fingerprint density at radius 3 is 2.38 bits per heavy atom. The Kier molecular flexibility index (Phi) is 6.72. The second-order valence-corrected chi connectivity index (χ2v) is 9.28. The molecule has 0 saturated carbocycles. The lowest BCUT2D eigenvalue weighted by molar-refractivity contribution is -0.136. The van der Waals surface area contributed by atoms with Crippen LogP contribution in [0.3, 0.4) is 0 Å². The van der Waals surface area contributed by atoms with Crippen LogP contribution in [0.25, 0.3) is 0 Å². The highest BCUT2D eigenvalue weighted by molar-refractivity contribution is 6.03. The van der Waals surface area contributed by atoms with E-state index in [1.165, 1.54) is 0 Å². The van der Waals surface area contributed by atoms with Gasteiger partial charge in [-0.05, 0) is 30.9 Å². The number of nitrogens with zero attached hydrogens (tertiary/aromatic N) is 2. The van der Waals surface area contributed by atoms with Crippen LogP contribution >= 0.6 is 0 Å². The number of hydrogen-bond donors (Lipinski definition) is 2. The fourth-order valence-electron chi connectivity index (χ4n) is 4.57. The van der Waals surface area contributed by atoms with E-state index in [2.05, 4.69) is 10.6 Å². The number of nitrogens with one attached hydrogen (secondary N) is 2. The minimum absolute atomic E-state index is 0.201. The first-order valence-corrected chi connectivity index (χ1v) is 11.8. The highest BCUT2D eigenvalue weighted by Crippen LogP contribution is 2.39. The number of carbonyl (C=O) groups is 3. The molecule has 178 valence electrons. The van der Waals surface area contributed by atoms with Gasteiger partial charge in [0, 0.05) is 13.1 Å². The topological polar surface area (TPSA) is 81.8 Å². The van der Waals surface area contributed by atoms with E-state index in [4.69, 9.17) is 0 Å². The van der Waals surface area contributed by atoms with E-state index >= 15 is 0 Å². The van der Waals surface area contributed by atoms with Crippen molar-refractivity contribution >= 4 is 17.8 Å². The van der Waals surface area contributed by atoms with E-state index in [1.807, 2.05) is 82.3 Å². The largest absolute Gasteiger partial charge is 0.354 e. The molecule has 2 heterocycles. The molecule has 0 fully saturated rings. The fraction of sp³-hybridized carbons (Fsp3) is 0.370. The molecule has 0 aliphatic carbocycles. The lowest BCUT2D eigenvalue weighted by Gasteiger charge is -2.33. The second-order valence-electron chi connectivity index (χ2n) is 9.28. The summed E-state index contributed by atoms with van der Waals surface area (Å²) in [5.41, 5.74) is 3.88. The van der Waals surface area contributed by atoms with Crippen molar-refractivity contribution in [1.82, 2.24) is 20.4 Å². The summed E-state index contributed by atoms with van der Waals surface area (Å²) in [4.78, 5) is 43.5. The maximum Gasteiger partial charge on any atom is 0.322 e. The third-order valence-corrected chi connectivity index (χ3v) is 6.34. The zero-order valence-electron chi connectivity index (χ0n) is 20.2. The lowest BCUT2D eigenvalue weighted by atomic mass is 9.95. The third-order valence-electron chi connectivity index (χ3n) is 6.34. The van der Waals surface area contributed by atoms with Crippen LogP contribution in [0.4, 0.5) is 4.79 Å². The molecule has 0 bridgehead atoms. The molecule has 4 rings (SSSR count). The summed E-state index contributed by atoms with van der Waals surface area (Å²) in [7, 11) is 0. The maximum absolute atomic E-state index is 13.9. The van der Waals surface area contributed by atoms with Crippen LogP contribution in [0.5, 0.6) is 0 Å². The summed E-state index contributed by atoms with van der Waals surface area (Å²) < 4.78 is 0. The van der Waals surface area contributed by atoms with E-state index in [-0.39, 0.29) is 30.3 Å². The quantitative estimate of drug-likeness (QED) is 0.661. The predicted molar refractivity (Wildman–Crippen MR) is 131 cm³/mol. The highest BCUT2D eigenvalue weighted by atomic mass is 16.2. The van der Waals surface area contributed by atoms with Crippen molar-refractivity contribution in [3.8, 4) is 0 Å². The molecule has 2 aliphatic heterocycles. The van der Waals surface area contributed by atoms with Gasteiger partial charge in [0.1, 0.15) is 6.04 Å². The van der Waals surface area contributed by atoms with E-state index in [0.717, 1.165) is 16.7 Å². The molecule has 2 aliphatic rings. The third kappa shape index (κ3) is 4.42. The zero-order chi connectivity index (χ0) is 24.4. The number of aryl methyl sites for hydroxylation is 1. The molecule has 0 unspecified atom stereocenters. The Morgan fingerprint density at radius 2 is 1.76 bits per heavy atom. The fourth-order valence-corrected chi connectivity index (χ4v) is 4.57. The van der Waals surface area contributed by atoms with Gasteiger partial charge in [-0.15, -0.1) is 0 Å². The van der Waals surface area contributed by atoms with Gasteiger partial charge < -0.3 is 15.5 Å². The first-order valence-electron chi connectivity index (χ1n) is 11.8. The van der Waals surface area contributed by atoms with Crippen molar-refractivity contribution in [3.05, 3.63) is 82.6 Å². The van der Waals surface area contributed by atoms with Crippen molar-refractivity contribution in [3.63, 3.8) is 0 Å². The van der Waals surface area contributed by atoms with Crippen LogP contribution in [0.15, 0.2) is 65.9 Å². The number of carbonyl (C=O) groups excluding carboxylic acids is 3. The predicted octanol–water partition coefficient (Wildman–Crippen LogP) is 3.69. The average molecular weight is 461 g/mol. The van der Waals surface area contributed by atoms with Crippen LogP contribution < -0.4 is 10.6 Å². The van der Waals surface area contributed by atoms with Gasteiger partial charge in [-0.3, -0.25) is 14.5 Å². The molecule has 0 saturated heterocycles. The molecule has 7 nitrogen and oxygen atoms in total. The molecule has 0 spiro atoms. The van der Waals surface area contributed by atoms with Crippen molar-refractivity contribution < 1.29 is 14.4 Å². The molecule has 2 aromatic carbocycles. The smallest absolute Gasteiger partial charge is 0.322 e. The van der Waals surface area contributed by atoms with E-state index < -0.39 is 12.1 Å². The maximum atomic E-state index is 13.9. The molecule has 2 N–H and O–H groups in total. The standard InChI is InChI=1S/C27H32N4O3/c1-5-30-21-16-31(24(20-9-7-6-8-10-20)25(32)28-15-17(2)3)26(33)22(21)23(29-27(30)34)19-13-11-18(4)12-14-19/h6-14,17,23-24H,5,15-16H2,1-4H3,(H,28,32)(H,29,34)/t23-,24-/m1/s1. The van der Waals surface area contributed by atoms with Gasteiger partial charge in [0.25, 0.3) is 5.91 Å². The van der Waals surface area contributed by atoms with Gasteiger partial charge in [-0.1, -0.05) is 74.0 Å². The number of hydrogen-bond acceptors (Lipinski definition) is 3. The zero-order valence-corrected chi connectivity index (χ0v) is 20.2. The molecule has 2 aromatic rings. The van der Waals surface area contributed by atoms with Crippen LogP contribution in [-0.4, -0.2) is 47.3 Å². The number of likely N-dealkylation sites (N-methyl/N-ethyl adjacent to an activating group) is 1. The summed E-state index contributed by atoms with van der Waals surface area (Å²) in [6.07, 6.45) is 0. The molecule has 34 heavy (non-hydrogen) atoms. The number of urea groups is 1. The Balaban J connectivity index is 1.74. The summed E-state index contributed by atoms with van der Waals surface area (Å²) >= 11 is 0. The minimum Gasteiger partial charge on any atom is -0.354 e. The molecule has 4 amide bonds. The number of amides is 4. The van der Waals surface area contributed by atoms with Gasteiger partial charge in [-0.2, -0.15) is 0 Å². The van der Waals surface area contributed by atoms with Gasteiger partial charge >= 0.3 is 6.03 Å². The average Bonchev–Trinajstić information content (AvgIpc) is 3.15. The van der Waals surface area contributed by atoms with Crippen molar-refractivity contribution in [2.45, 2.75) is 39.8 Å².